The number of amides is 3. The Morgan fingerprint density at radius 2 is 1.80 bits per heavy atom. The summed E-state index contributed by atoms with van der Waals surface area (Å²) in [6.07, 6.45) is 6.47. The van der Waals surface area contributed by atoms with E-state index in [-0.39, 0.29) is 42.5 Å². The van der Waals surface area contributed by atoms with E-state index in [1.54, 1.807) is 59.5 Å². The highest BCUT2D eigenvalue weighted by atomic mass is 16.2. The minimum atomic E-state index is -0.383. The second-order valence-electron chi connectivity index (χ2n) is 6.69. The predicted molar refractivity (Wildman–Crippen MR) is 110 cm³/mol. The van der Waals surface area contributed by atoms with Crippen molar-refractivity contribution >= 4 is 35.2 Å². The molecule has 0 aliphatic rings. The van der Waals surface area contributed by atoms with Crippen molar-refractivity contribution in [3.63, 3.8) is 0 Å². The lowest BCUT2D eigenvalue weighted by molar-refractivity contribution is -0.116. The van der Waals surface area contributed by atoms with Crippen molar-refractivity contribution in [3.05, 3.63) is 42.4 Å². The molecule has 3 aromatic heterocycles. The lowest BCUT2D eigenvalue weighted by Crippen LogP contribution is -2.29. The van der Waals surface area contributed by atoms with Gasteiger partial charge in [-0.15, -0.1) is 0 Å². The highest BCUT2D eigenvalue weighted by Crippen LogP contribution is 2.14. The number of anilines is 3. The molecule has 0 fully saturated rings. The fraction of sp³-hybridized carbons (Fsp3) is 0.278. The van der Waals surface area contributed by atoms with Crippen LogP contribution in [0.2, 0.25) is 0 Å². The molecule has 3 heterocycles. The zero-order valence-electron chi connectivity index (χ0n) is 16.8. The van der Waals surface area contributed by atoms with E-state index >= 15 is 0 Å². The Morgan fingerprint density at radius 3 is 2.43 bits per heavy atom. The van der Waals surface area contributed by atoms with Crippen LogP contribution in [0, 0.1) is 0 Å². The summed E-state index contributed by atoms with van der Waals surface area (Å²) in [4.78, 5) is 44.6. The van der Waals surface area contributed by atoms with Gasteiger partial charge in [-0.1, -0.05) is 0 Å². The predicted octanol–water partition coefficient (Wildman–Crippen LogP) is 0.0852. The Labute approximate surface area is 172 Å². The first-order valence-electron chi connectivity index (χ1n) is 9.06. The van der Waals surface area contributed by atoms with Crippen LogP contribution in [0.15, 0.2) is 30.9 Å². The smallest absolute Gasteiger partial charge is 0.291 e. The van der Waals surface area contributed by atoms with Crippen LogP contribution in [-0.2, 0) is 25.9 Å². The maximum absolute atomic E-state index is 12.4. The van der Waals surface area contributed by atoms with E-state index in [1.807, 2.05) is 0 Å². The first-order chi connectivity index (χ1) is 14.2. The molecule has 12 heteroatoms. The number of hydrogen-bond acceptors (Lipinski definition) is 6. The molecule has 3 aromatic rings. The molecule has 0 saturated heterocycles. The molecule has 30 heavy (non-hydrogen) atoms. The van der Waals surface area contributed by atoms with Gasteiger partial charge in [-0.25, -0.2) is 4.98 Å². The second kappa shape index (κ2) is 8.51. The average molecular weight is 413 g/mol. The van der Waals surface area contributed by atoms with Gasteiger partial charge in [0.2, 0.25) is 11.9 Å². The Hall–Kier alpha value is -4.09. The lowest BCUT2D eigenvalue weighted by atomic mass is 10.3. The van der Waals surface area contributed by atoms with Gasteiger partial charge >= 0.3 is 0 Å². The monoisotopic (exact) mass is 413 g/mol. The molecular formula is C18H23N9O3. The van der Waals surface area contributed by atoms with Crippen LogP contribution >= 0.6 is 0 Å². The molecule has 0 saturated carbocycles. The van der Waals surface area contributed by atoms with E-state index in [0.717, 1.165) is 0 Å². The van der Waals surface area contributed by atoms with Crippen molar-refractivity contribution in [2.45, 2.75) is 6.42 Å². The number of carbonyl (C=O) groups is 3. The summed E-state index contributed by atoms with van der Waals surface area (Å²) in [5, 5.41) is 7.99. The molecule has 0 radical (unpaired) electrons. The normalized spacial score (nSPS) is 10.6. The Morgan fingerprint density at radius 1 is 1.03 bits per heavy atom. The number of aryl methyl sites for hydroxylation is 3. The molecule has 3 rings (SSSR count). The van der Waals surface area contributed by atoms with E-state index in [0.29, 0.717) is 17.2 Å². The van der Waals surface area contributed by atoms with Gasteiger partial charge in [0.25, 0.3) is 11.8 Å². The molecule has 0 aromatic carbocycles. The van der Waals surface area contributed by atoms with Crippen LogP contribution in [-0.4, -0.2) is 47.9 Å². The molecule has 0 spiro atoms. The lowest BCUT2D eigenvalue weighted by Gasteiger charge is -2.06. The van der Waals surface area contributed by atoms with Gasteiger partial charge in [-0.05, 0) is 6.07 Å². The van der Waals surface area contributed by atoms with Gasteiger partial charge in [-0.3, -0.25) is 14.4 Å². The Kier molecular flexibility index (Phi) is 5.85. The average Bonchev–Trinajstić information content (AvgIpc) is 3.34. The van der Waals surface area contributed by atoms with Gasteiger partial charge in [0.05, 0.1) is 5.69 Å². The Balaban J connectivity index is 1.51. The number of nitrogens with two attached hydrogens (primary N) is 1. The van der Waals surface area contributed by atoms with Crippen LogP contribution in [0.1, 0.15) is 27.5 Å². The summed E-state index contributed by atoms with van der Waals surface area (Å²) in [7, 11) is 5.11. The summed E-state index contributed by atoms with van der Waals surface area (Å²) in [6, 6.07) is 1.55. The summed E-state index contributed by atoms with van der Waals surface area (Å²) in [5.41, 5.74) is 6.41. The highest BCUT2D eigenvalue weighted by Gasteiger charge is 2.16. The van der Waals surface area contributed by atoms with Crippen LogP contribution in [0.4, 0.5) is 17.5 Å². The fourth-order valence-corrected chi connectivity index (χ4v) is 2.76. The van der Waals surface area contributed by atoms with Crippen LogP contribution in [0.3, 0.4) is 0 Å². The third-order valence-corrected chi connectivity index (χ3v) is 4.34. The van der Waals surface area contributed by atoms with Crippen molar-refractivity contribution in [3.8, 4) is 0 Å². The summed E-state index contributed by atoms with van der Waals surface area (Å²) in [5.74, 6) is -0.166. The van der Waals surface area contributed by atoms with E-state index in [2.05, 4.69) is 25.9 Å². The van der Waals surface area contributed by atoms with Gasteiger partial charge in [0.1, 0.15) is 5.69 Å². The quantitative estimate of drug-likeness (QED) is 0.430. The third kappa shape index (κ3) is 4.66. The standard InChI is InChI=1S/C18H23N9O3/c1-25-7-6-20-15(25)17(30)22-11-8-12(26(2)9-11)16(29)21-5-4-14(28)23-13-10-27(3)18(19)24-13/h6-10H,4-5H2,1-3H3,(H2,19,24)(H,21,29)(H,22,30)(H,23,28). The molecule has 0 atom stereocenters. The van der Waals surface area contributed by atoms with Crippen LogP contribution in [0.5, 0.6) is 0 Å². The van der Waals surface area contributed by atoms with Gasteiger partial charge < -0.3 is 35.4 Å². The molecule has 0 aliphatic heterocycles. The molecule has 3 amide bonds. The van der Waals surface area contributed by atoms with Gasteiger partial charge in [0.15, 0.2) is 11.6 Å². The first kappa shape index (κ1) is 20.6. The number of carbonyl (C=O) groups excluding carboxylic acids is 3. The third-order valence-electron chi connectivity index (χ3n) is 4.34. The fourth-order valence-electron chi connectivity index (χ4n) is 2.76. The van der Waals surface area contributed by atoms with Crippen molar-refractivity contribution in [1.82, 2.24) is 29.0 Å². The van der Waals surface area contributed by atoms with E-state index in [9.17, 15) is 14.4 Å². The van der Waals surface area contributed by atoms with Crippen molar-refractivity contribution < 1.29 is 14.4 Å². The molecule has 158 valence electrons. The first-order valence-corrected chi connectivity index (χ1v) is 9.06. The number of imidazole rings is 2. The summed E-state index contributed by atoms with van der Waals surface area (Å²) in [6.45, 7) is 0.132. The zero-order chi connectivity index (χ0) is 21.8. The molecule has 0 unspecified atom stereocenters. The SMILES string of the molecule is Cn1cc(NC(=O)c2nccn2C)cc1C(=O)NCCC(=O)Nc1cn(C)c(N)n1. The molecular weight excluding hydrogens is 390 g/mol. The van der Waals surface area contributed by atoms with E-state index < -0.39 is 0 Å². The van der Waals surface area contributed by atoms with E-state index in [1.165, 1.54) is 6.20 Å². The second-order valence-corrected chi connectivity index (χ2v) is 6.69. The number of nitrogens with zero attached hydrogens (tertiary/aromatic N) is 5. The van der Waals surface area contributed by atoms with Crippen molar-refractivity contribution in [2.75, 3.05) is 22.9 Å². The zero-order valence-corrected chi connectivity index (χ0v) is 16.8. The number of rotatable bonds is 7. The Bertz CT molecular complexity index is 1070. The minimum absolute atomic E-state index is 0.0649. The summed E-state index contributed by atoms with van der Waals surface area (Å²) >= 11 is 0. The summed E-state index contributed by atoms with van der Waals surface area (Å²) < 4.78 is 4.76. The highest BCUT2D eigenvalue weighted by molar-refractivity contribution is 6.03. The molecule has 0 aliphatic carbocycles. The maximum atomic E-state index is 12.4. The topological polar surface area (TPSA) is 154 Å². The van der Waals surface area contributed by atoms with E-state index in [4.69, 9.17) is 5.73 Å². The number of aromatic nitrogens is 5. The van der Waals surface area contributed by atoms with Crippen LogP contribution < -0.4 is 21.7 Å². The number of nitrogens with one attached hydrogen (secondary N) is 3. The minimum Gasteiger partial charge on any atom is -0.369 e. The van der Waals surface area contributed by atoms with Crippen molar-refractivity contribution in [1.29, 1.82) is 0 Å². The van der Waals surface area contributed by atoms with Gasteiger partial charge in [0, 0.05) is 58.9 Å². The molecule has 12 nitrogen and oxygen atoms in total. The molecule has 0 bridgehead atoms. The number of nitrogen functional groups attached to an aromatic ring is 1. The largest absolute Gasteiger partial charge is 0.369 e. The van der Waals surface area contributed by atoms with Crippen molar-refractivity contribution in [2.24, 2.45) is 21.1 Å². The number of hydrogen-bond donors (Lipinski definition) is 4. The maximum Gasteiger partial charge on any atom is 0.291 e. The molecule has 5 N–H and O–H groups in total. The van der Waals surface area contributed by atoms with Gasteiger partial charge in [-0.2, -0.15) is 4.98 Å². The van der Waals surface area contributed by atoms with Crippen LogP contribution in [0.25, 0.3) is 0 Å².